The number of nitrogens with zero attached hydrogens (tertiary/aromatic N) is 2. The third-order valence-corrected chi connectivity index (χ3v) is 6.47. The molecule has 2 saturated heterocycles. The molecule has 0 spiro atoms. The van der Waals surface area contributed by atoms with E-state index in [1.165, 1.54) is 4.31 Å². The molecule has 6 heteroatoms. The minimum absolute atomic E-state index is 0.120. The Hall–Kier alpha value is -0.620. The van der Waals surface area contributed by atoms with E-state index < -0.39 is 10.0 Å². The molecule has 0 aliphatic carbocycles. The zero-order valence-electron chi connectivity index (χ0n) is 12.5. The minimum atomic E-state index is -3.17. The van der Waals surface area contributed by atoms with Gasteiger partial charge in [-0.25, -0.2) is 12.7 Å². The number of amides is 1. The van der Waals surface area contributed by atoms with E-state index >= 15 is 0 Å². The van der Waals surface area contributed by atoms with Crippen LogP contribution in [0.5, 0.6) is 0 Å². The fourth-order valence-corrected chi connectivity index (χ4v) is 4.54. The lowest BCUT2D eigenvalue weighted by molar-refractivity contribution is -0.137. The third kappa shape index (κ3) is 3.17. The van der Waals surface area contributed by atoms with Crippen molar-refractivity contribution in [2.45, 2.75) is 52.0 Å². The van der Waals surface area contributed by atoms with Crippen molar-refractivity contribution in [2.24, 2.45) is 5.92 Å². The largest absolute Gasteiger partial charge is 0.339 e. The van der Waals surface area contributed by atoms with Crippen molar-refractivity contribution >= 4 is 15.9 Å². The summed E-state index contributed by atoms with van der Waals surface area (Å²) < 4.78 is 25.4. The SMILES string of the molecule is CCC1CCCN1C(=O)C1CCCN(S(=O)(=O)CC)C1. The zero-order chi connectivity index (χ0) is 14.8. The monoisotopic (exact) mass is 302 g/mol. The van der Waals surface area contributed by atoms with E-state index in [1.54, 1.807) is 6.92 Å². The van der Waals surface area contributed by atoms with E-state index in [4.69, 9.17) is 0 Å². The highest BCUT2D eigenvalue weighted by molar-refractivity contribution is 7.89. The van der Waals surface area contributed by atoms with E-state index in [0.29, 0.717) is 19.1 Å². The second-order valence-electron chi connectivity index (χ2n) is 5.83. The molecule has 0 saturated carbocycles. The van der Waals surface area contributed by atoms with Gasteiger partial charge in [-0.2, -0.15) is 0 Å². The number of hydrogen-bond donors (Lipinski definition) is 0. The maximum absolute atomic E-state index is 12.6. The first-order valence-electron chi connectivity index (χ1n) is 7.78. The molecule has 0 radical (unpaired) electrons. The highest BCUT2D eigenvalue weighted by atomic mass is 32.2. The molecule has 1 amide bonds. The first-order chi connectivity index (χ1) is 9.49. The molecule has 2 atom stereocenters. The summed E-state index contributed by atoms with van der Waals surface area (Å²) >= 11 is 0. The predicted molar refractivity (Wildman–Crippen MR) is 78.8 cm³/mol. The Morgan fingerprint density at radius 1 is 1.15 bits per heavy atom. The molecule has 2 rings (SSSR count). The molecule has 0 N–H and O–H groups in total. The van der Waals surface area contributed by atoms with E-state index in [-0.39, 0.29) is 17.6 Å². The Morgan fingerprint density at radius 3 is 2.50 bits per heavy atom. The van der Waals surface area contributed by atoms with Gasteiger partial charge in [-0.05, 0) is 39.0 Å². The van der Waals surface area contributed by atoms with Crippen molar-refractivity contribution in [2.75, 3.05) is 25.4 Å². The first kappa shape index (κ1) is 15.8. The number of hydrogen-bond acceptors (Lipinski definition) is 3. The number of piperidine rings is 1. The van der Waals surface area contributed by atoms with E-state index in [0.717, 1.165) is 38.6 Å². The predicted octanol–water partition coefficient (Wildman–Crippen LogP) is 1.45. The fraction of sp³-hybridized carbons (Fsp3) is 0.929. The Kier molecular flexibility index (Phi) is 5.07. The lowest BCUT2D eigenvalue weighted by Crippen LogP contribution is -2.48. The number of carbonyl (C=O) groups excluding carboxylic acids is 1. The lowest BCUT2D eigenvalue weighted by atomic mass is 9.97. The summed E-state index contributed by atoms with van der Waals surface area (Å²) in [5.74, 6) is 0.150. The van der Waals surface area contributed by atoms with Crippen molar-refractivity contribution in [1.29, 1.82) is 0 Å². The fourth-order valence-electron chi connectivity index (χ4n) is 3.36. The molecule has 2 aliphatic rings. The van der Waals surface area contributed by atoms with Crippen LogP contribution in [-0.2, 0) is 14.8 Å². The lowest BCUT2D eigenvalue weighted by Gasteiger charge is -2.34. The van der Waals surface area contributed by atoms with Gasteiger partial charge >= 0.3 is 0 Å². The van der Waals surface area contributed by atoms with Gasteiger partial charge in [0.15, 0.2) is 0 Å². The van der Waals surface area contributed by atoms with Crippen LogP contribution in [0.2, 0.25) is 0 Å². The van der Waals surface area contributed by atoms with E-state index in [1.807, 2.05) is 4.90 Å². The number of sulfonamides is 1. The summed E-state index contributed by atoms with van der Waals surface area (Å²) in [6.07, 6.45) is 4.77. The smallest absolute Gasteiger partial charge is 0.227 e. The highest BCUT2D eigenvalue weighted by Gasteiger charge is 2.36. The van der Waals surface area contributed by atoms with Crippen LogP contribution in [0.15, 0.2) is 0 Å². The van der Waals surface area contributed by atoms with Gasteiger partial charge in [0.05, 0.1) is 11.7 Å². The van der Waals surface area contributed by atoms with Crippen molar-refractivity contribution < 1.29 is 13.2 Å². The molecule has 2 heterocycles. The van der Waals surface area contributed by atoms with Crippen molar-refractivity contribution in [3.05, 3.63) is 0 Å². The number of likely N-dealkylation sites (tertiary alicyclic amines) is 1. The highest BCUT2D eigenvalue weighted by Crippen LogP contribution is 2.26. The van der Waals surface area contributed by atoms with Crippen LogP contribution in [0.25, 0.3) is 0 Å². The quantitative estimate of drug-likeness (QED) is 0.790. The first-order valence-corrected chi connectivity index (χ1v) is 9.38. The summed E-state index contributed by atoms with van der Waals surface area (Å²) in [6.45, 7) is 5.56. The molecule has 20 heavy (non-hydrogen) atoms. The molecular formula is C14H26N2O3S. The van der Waals surface area contributed by atoms with Gasteiger partial charge in [0.1, 0.15) is 0 Å². The molecule has 0 aromatic rings. The number of rotatable bonds is 4. The minimum Gasteiger partial charge on any atom is -0.339 e. The summed E-state index contributed by atoms with van der Waals surface area (Å²) in [4.78, 5) is 14.6. The van der Waals surface area contributed by atoms with Crippen LogP contribution >= 0.6 is 0 Å². The Labute approximate surface area is 122 Å². The normalized spacial score (nSPS) is 28.8. The van der Waals surface area contributed by atoms with Gasteiger partial charge in [-0.1, -0.05) is 6.92 Å². The summed E-state index contributed by atoms with van der Waals surface area (Å²) in [5, 5.41) is 0. The van der Waals surface area contributed by atoms with Crippen LogP contribution < -0.4 is 0 Å². The van der Waals surface area contributed by atoms with Crippen LogP contribution in [0.1, 0.15) is 46.0 Å². The topological polar surface area (TPSA) is 57.7 Å². The Morgan fingerprint density at radius 2 is 1.85 bits per heavy atom. The van der Waals surface area contributed by atoms with Crippen LogP contribution in [0, 0.1) is 5.92 Å². The molecule has 0 aromatic carbocycles. The molecule has 5 nitrogen and oxygen atoms in total. The standard InChI is InChI=1S/C14H26N2O3S/c1-3-13-8-6-10-16(13)14(17)12-7-5-9-15(11-12)20(18,19)4-2/h12-13H,3-11H2,1-2H3. The second kappa shape index (κ2) is 6.43. The summed E-state index contributed by atoms with van der Waals surface area (Å²) in [5.41, 5.74) is 0. The van der Waals surface area contributed by atoms with Crippen LogP contribution in [-0.4, -0.2) is 55.0 Å². The van der Waals surface area contributed by atoms with Gasteiger partial charge in [0, 0.05) is 25.7 Å². The van der Waals surface area contributed by atoms with Gasteiger partial charge in [-0.15, -0.1) is 0 Å². The zero-order valence-corrected chi connectivity index (χ0v) is 13.4. The van der Waals surface area contributed by atoms with Gasteiger partial charge in [-0.3, -0.25) is 4.79 Å². The molecule has 116 valence electrons. The molecule has 2 fully saturated rings. The average Bonchev–Trinajstić information content (AvgIpc) is 2.95. The van der Waals surface area contributed by atoms with Gasteiger partial charge < -0.3 is 4.90 Å². The maximum atomic E-state index is 12.6. The van der Waals surface area contributed by atoms with Crippen molar-refractivity contribution in [3.8, 4) is 0 Å². The van der Waals surface area contributed by atoms with Crippen molar-refractivity contribution in [3.63, 3.8) is 0 Å². The molecular weight excluding hydrogens is 276 g/mol. The summed E-state index contributed by atoms with van der Waals surface area (Å²) in [6, 6.07) is 0.362. The van der Waals surface area contributed by atoms with Crippen molar-refractivity contribution in [1.82, 2.24) is 9.21 Å². The van der Waals surface area contributed by atoms with Crippen LogP contribution in [0.3, 0.4) is 0 Å². The Bertz CT molecular complexity index is 449. The van der Waals surface area contributed by atoms with Crippen LogP contribution in [0.4, 0.5) is 0 Å². The molecule has 2 unspecified atom stereocenters. The molecule has 2 aliphatic heterocycles. The molecule has 0 bridgehead atoms. The van der Waals surface area contributed by atoms with Gasteiger partial charge in [0.25, 0.3) is 0 Å². The average molecular weight is 302 g/mol. The molecule has 0 aromatic heterocycles. The maximum Gasteiger partial charge on any atom is 0.227 e. The Balaban J connectivity index is 2.03. The van der Waals surface area contributed by atoms with E-state index in [9.17, 15) is 13.2 Å². The third-order valence-electron chi connectivity index (χ3n) is 4.62. The second-order valence-corrected chi connectivity index (χ2v) is 8.09. The summed E-state index contributed by atoms with van der Waals surface area (Å²) in [7, 11) is -3.17. The van der Waals surface area contributed by atoms with E-state index in [2.05, 4.69) is 6.92 Å². The number of carbonyl (C=O) groups is 1. The van der Waals surface area contributed by atoms with Gasteiger partial charge in [0.2, 0.25) is 15.9 Å².